The number of rotatable bonds is 2. The van der Waals surface area contributed by atoms with Gasteiger partial charge in [-0.3, -0.25) is 10.2 Å². The largest absolute Gasteiger partial charge is 0.444 e. The minimum Gasteiger partial charge on any atom is -0.444 e. The molecular formula is C20H26N4O3. The molecule has 0 unspecified atom stereocenters. The van der Waals surface area contributed by atoms with Crippen molar-refractivity contribution in [1.82, 2.24) is 20.3 Å². The van der Waals surface area contributed by atoms with Gasteiger partial charge in [0.25, 0.3) is 5.91 Å². The van der Waals surface area contributed by atoms with E-state index in [9.17, 15) is 9.59 Å². The summed E-state index contributed by atoms with van der Waals surface area (Å²) in [5.41, 5.74) is 4.69. The Morgan fingerprint density at radius 2 is 1.78 bits per heavy atom. The summed E-state index contributed by atoms with van der Waals surface area (Å²) in [6, 6.07) is 9.58. The highest BCUT2D eigenvalue weighted by atomic mass is 16.6. The minimum atomic E-state index is -0.511. The van der Waals surface area contributed by atoms with Gasteiger partial charge in [0.15, 0.2) is 0 Å². The van der Waals surface area contributed by atoms with Gasteiger partial charge in [0.1, 0.15) is 11.3 Å². The molecule has 2 aromatic rings. The zero-order valence-corrected chi connectivity index (χ0v) is 16.3. The predicted molar refractivity (Wildman–Crippen MR) is 103 cm³/mol. The van der Waals surface area contributed by atoms with Crippen LogP contribution in [0.4, 0.5) is 4.79 Å². The molecule has 1 fully saturated rings. The van der Waals surface area contributed by atoms with Gasteiger partial charge in [-0.25, -0.2) is 14.8 Å². The molecule has 0 aliphatic carbocycles. The fourth-order valence-electron chi connectivity index (χ4n) is 2.90. The first kappa shape index (κ1) is 19.1. The van der Waals surface area contributed by atoms with Gasteiger partial charge in [0.2, 0.25) is 0 Å². The Morgan fingerprint density at radius 1 is 1.07 bits per heavy atom. The number of hydrogen-bond donors (Lipinski definition) is 1. The topological polar surface area (TPSA) is 74.8 Å². The van der Waals surface area contributed by atoms with Gasteiger partial charge in [0.05, 0.1) is 5.52 Å². The van der Waals surface area contributed by atoms with E-state index in [1.165, 1.54) is 0 Å². The van der Waals surface area contributed by atoms with Gasteiger partial charge in [-0.05, 0) is 45.9 Å². The monoisotopic (exact) mass is 370 g/mol. The second-order valence-corrected chi connectivity index (χ2v) is 7.79. The average Bonchev–Trinajstić information content (AvgIpc) is 2.60. The maximum absolute atomic E-state index is 12.5. The van der Waals surface area contributed by atoms with Crippen molar-refractivity contribution in [3.8, 4) is 0 Å². The van der Waals surface area contributed by atoms with Crippen LogP contribution < -0.4 is 5.43 Å². The fourth-order valence-corrected chi connectivity index (χ4v) is 2.90. The highest BCUT2D eigenvalue weighted by Gasteiger charge is 2.26. The number of carbonyl (C=O) groups is 2. The van der Waals surface area contributed by atoms with Crippen LogP contribution in [0.5, 0.6) is 0 Å². The van der Waals surface area contributed by atoms with Crippen molar-refractivity contribution in [2.45, 2.75) is 33.3 Å². The quantitative estimate of drug-likeness (QED) is 0.880. The molecule has 7 heteroatoms. The Balaban J connectivity index is 1.56. The van der Waals surface area contributed by atoms with Gasteiger partial charge in [0, 0.05) is 31.6 Å². The number of nitrogens with zero attached hydrogens (tertiary/aromatic N) is 3. The number of carbonyl (C=O) groups excluding carboxylic acids is 2. The molecule has 1 N–H and O–H groups in total. The molecule has 1 aliphatic rings. The van der Waals surface area contributed by atoms with Crippen molar-refractivity contribution < 1.29 is 14.3 Å². The fraction of sp³-hybridized carbons (Fsp3) is 0.450. The summed E-state index contributed by atoms with van der Waals surface area (Å²) in [4.78, 5) is 30.7. The van der Waals surface area contributed by atoms with Crippen molar-refractivity contribution in [3.63, 3.8) is 0 Å². The average molecular weight is 370 g/mol. The Hall–Kier alpha value is -2.67. The Labute approximate surface area is 159 Å². The lowest BCUT2D eigenvalue weighted by molar-refractivity contribution is 0.00971. The number of fused-ring (bicyclic) bond motifs is 1. The Bertz CT molecular complexity index is 852. The van der Waals surface area contributed by atoms with E-state index in [0.29, 0.717) is 31.9 Å². The van der Waals surface area contributed by atoms with E-state index in [1.54, 1.807) is 11.0 Å². The van der Waals surface area contributed by atoms with Gasteiger partial charge >= 0.3 is 6.09 Å². The number of amides is 2. The zero-order valence-electron chi connectivity index (χ0n) is 16.3. The predicted octanol–water partition coefficient (Wildman–Crippen LogP) is 2.74. The minimum absolute atomic E-state index is 0.247. The number of aromatic nitrogens is 1. The number of pyridine rings is 1. The molecule has 2 amide bonds. The normalized spacial score (nSPS) is 15.6. The first-order valence-electron chi connectivity index (χ1n) is 9.12. The van der Waals surface area contributed by atoms with Crippen molar-refractivity contribution in [3.05, 3.63) is 41.6 Å². The number of hydrazine groups is 1. The molecule has 144 valence electrons. The second kappa shape index (κ2) is 7.52. The van der Waals surface area contributed by atoms with E-state index < -0.39 is 5.60 Å². The van der Waals surface area contributed by atoms with Crippen LogP contribution in [0.3, 0.4) is 0 Å². The number of aryl methyl sites for hydroxylation is 1. The molecule has 2 heterocycles. The van der Waals surface area contributed by atoms with Gasteiger partial charge in [-0.2, -0.15) is 0 Å². The third kappa shape index (κ3) is 4.95. The molecule has 1 aliphatic heterocycles. The van der Waals surface area contributed by atoms with E-state index >= 15 is 0 Å². The van der Waals surface area contributed by atoms with Crippen LogP contribution in [0.25, 0.3) is 10.9 Å². The molecule has 7 nitrogen and oxygen atoms in total. The summed E-state index contributed by atoms with van der Waals surface area (Å²) >= 11 is 0. The maximum atomic E-state index is 12.5. The molecule has 0 saturated carbocycles. The lowest BCUT2D eigenvalue weighted by atomic mass is 10.1. The lowest BCUT2D eigenvalue weighted by Crippen LogP contribution is -2.55. The van der Waals surface area contributed by atoms with Crippen LogP contribution in [0, 0.1) is 6.92 Å². The summed E-state index contributed by atoms with van der Waals surface area (Å²) < 4.78 is 5.38. The first-order valence-corrected chi connectivity index (χ1v) is 9.12. The van der Waals surface area contributed by atoms with Crippen LogP contribution in [0.15, 0.2) is 30.3 Å². The van der Waals surface area contributed by atoms with Crippen LogP contribution in [0.1, 0.15) is 36.8 Å². The second-order valence-electron chi connectivity index (χ2n) is 7.79. The highest BCUT2D eigenvalue weighted by molar-refractivity contribution is 5.94. The summed E-state index contributed by atoms with van der Waals surface area (Å²) in [6.45, 7) is 9.64. The first-order chi connectivity index (χ1) is 12.7. The smallest absolute Gasteiger partial charge is 0.410 e. The van der Waals surface area contributed by atoms with Crippen LogP contribution in [0.2, 0.25) is 0 Å². The SMILES string of the molecule is Cc1ccc2nc(C(=O)NN3CCN(C(=O)OC(C)(C)C)CC3)ccc2c1. The van der Waals surface area contributed by atoms with E-state index in [2.05, 4.69) is 10.4 Å². The maximum Gasteiger partial charge on any atom is 0.410 e. The molecule has 0 radical (unpaired) electrons. The van der Waals surface area contributed by atoms with E-state index in [1.807, 2.05) is 57.0 Å². The number of benzene rings is 1. The standard InChI is InChI=1S/C20H26N4O3/c1-14-5-7-16-15(13-14)6-8-17(21-16)18(25)22-24-11-9-23(10-12-24)19(26)27-20(2,3)4/h5-8,13H,9-12H2,1-4H3,(H,22,25). The number of nitrogens with one attached hydrogen (secondary N) is 1. The van der Waals surface area contributed by atoms with Crippen molar-refractivity contribution in [2.24, 2.45) is 0 Å². The molecule has 1 aromatic carbocycles. The van der Waals surface area contributed by atoms with E-state index in [4.69, 9.17) is 4.74 Å². The summed E-state index contributed by atoms with van der Waals surface area (Å²) in [5, 5.41) is 2.82. The van der Waals surface area contributed by atoms with Crippen molar-refractivity contribution in [2.75, 3.05) is 26.2 Å². The number of ether oxygens (including phenoxy) is 1. The van der Waals surface area contributed by atoms with Crippen LogP contribution in [-0.4, -0.2) is 58.7 Å². The van der Waals surface area contributed by atoms with Gasteiger partial charge in [-0.15, -0.1) is 0 Å². The number of hydrogen-bond acceptors (Lipinski definition) is 5. The zero-order chi connectivity index (χ0) is 19.6. The highest BCUT2D eigenvalue weighted by Crippen LogP contribution is 2.15. The lowest BCUT2D eigenvalue weighted by Gasteiger charge is -2.35. The summed E-state index contributed by atoms with van der Waals surface area (Å²) in [6.07, 6.45) is -0.319. The van der Waals surface area contributed by atoms with Crippen LogP contribution >= 0.6 is 0 Å². The van der Waals surface area contributed by atoms with E-state index in [-0.39, 0.29) is 12.0 Å². The third-order valence-corrected chi connectivity index (χ3v) is 4.27. The summed E-state index contributed by atoms with van der Waals surface area (Å²) in [7, 11) is 0. The van der Waals surface area contributed by atoms with Gasteiger partial charge < -0.3 is 9.64 Å². The molecular weight excluding hydrogens is 344 g/mol. The molecule has 0 bridgehead atoms. The van der Waals surface area contributed by atoms with Crippen molar-refractivity contribution in [1.29, 1.82) is 0 Å². The van der Waals surface area contributed by atoms with Crippen LogP contribution in [-0.2, 0) is 4.74 Å². The molecule has 27 heavy (non-hydrogen) atoms. The molecule has 1 saturated heterocycles. The van der Waals surface area contributed by atoms with E-state index in [0.717, 1.165) is 16.5 Å². The van der Waals surface area contributed by atoms with Gasteiger partial charge in [-0.1, -0.05) is 17.7 Å². The third-order valence-electron chi connectivity index (χ3n) is 4.27. The molecule has 0 atom stereocenters. The molecule has 1 aromatic heterocycles. The summed E-state index contributed by atoms with van der Waals surface area (Å²) in [5.74, 6) is -0.247. The Morgan fingerprint density at radius 3 is 2.44 bits per heavy atom. The number of piperazine rings is 1. The molecule has 0 spiro atoms. The Kier molecular flexibility index (Phi) is 5.32. The van der Waals surface area contributed by atoms with Crippen molar-refractivity contribution >= 4 is 22.9 Å². The molecule has 3 rings (SSSR count).